The van der Waals surface area contributed by atoms with Gasteiger partial charge in [0.05, 0.1) is 0 Å². The molecule has 0 fully saturated rings. The summed E-state index contributed by atoms with van der Waals surface area (Å²) in [6.07, 6.45) is 4.52. The van der Waals surface area contributed by atoms with Gasteiger partial charge in [0.2, 0.25) is 0 Å². The Morgan fingerprint density at radius 2 is 2.33 bits per heavy atom. The minimum atomic E-state index is -2.23. The second-order valence-corrected chi connectivity index (χ2v) is 10.0. The molecule has 0 aliphatic carbocycles. The molecule has 7 heteroatoms. The van der Waals surface area contributed by atoms with E-state index in [1.807, 2.05) is 12.2 Å². The van der Waals surface area contributed by atoms with Crippen molar-refractivity contribution in [1.82, 2.24) is 0 Å². The van der Waals surface area contributed by atoms with Crippen LogP contribution in [0.4, 0.5) is 0 Å². The van der Waals surface area contributed by atoms with Crippen LogP contribution < -0.4 is 0 Å². The van der Waals surface area contributed by atoms with Crippen molar-refractivity contribution in [2.75, 3.05) is 6.61 Å². The van der Waals surface area contributed by atoms with Crippen molar-refractivity contribution in [3.05, 3.63) is 12.2 Å². The normalized spacial score (nSPS) is 28.5. The van der Waals surface area contributed by atoms with E-state index in [9.17, 15) is 0 Å². The van der Waals surface area contributed by atoms with Gasteiger partial charge in [0.1, 0.15) is 0 Å². The summed E-state index contributed by atoms with van der Waals surface area (Å²) in [5.41, 5.74) is 0. The van der Waals surface area contributed by atoms with E-state index in [-0.39, 0.29) is 12.7 Å². The van der Waals surface area contributed by atoms with Gasteiger partial charge in [-0.2, -0.15) is 0 Å². The molecule has 0 saturated carbocycles. The van der Waals surface area contributed by atoms with Gasteiger partial charge in [-0.3, -0.25) is 0 Å². The molecule has 1 aliphatic heterocycles. The zero-order chi connectivity index (χ0) is 8.97. The van der Waals surface area contributed by atoms with Crippen LogP contribution in [0, 0.1) is 0 Å². The standard InChI is InChI=1S/C5H9O4PSe.Ba/c6-10(7)8-3-4-1-2-5(11)9-4;/h1-2,4-7,11H,3H2;/q;+1/p-1. The summed E-state index contributed by atoms with van der Waals surface area (Å²) in [4.78, 5) is 16.9. The maximum absolute atomic E-state index is 8.47. The molecule has 65 valence electrons. The number of ether oxygens (including phenoxy) is 1. The number of hydrogen-bond donors (Lipinski definition) is 2. The molecule has 0 saturated heterocycles. The van der Waals surface area contributed by atoms with Crippen LogP contribution in [0.15, 0.2) is 12.2 Å². The van der Waals surface area contributed by atoms with E-state index in [2.05, 4.69) is 4.52 Å². The summed E-state index contributed by atoms with van der Waals surface area (Å²) >= 11 is 0.807. The number of hydrogen-bond acceptors (Lipinski definition) is 4. The van der Waals surface area contributed by atoms with E-state index in [0.29, 0.717) is 11.2 Å². The molecule has 0 bridgehead atoms. The van der Waals surface area contributed by atoms with Crippen molar-refractivity contribution in [1.29, 1.82) is 0 Å². The first-order valence-corrected chi connectivity index (χ1v) is 16.1. The molecule has 1 rings (SSSR count). The summed E-state index contributed by atoms with van der Waals surface area (Å²) in [5.74, 6) is 0. The third kappa shape index (κ3) is 4.55. The maximum atomic E-state index is 8.47. The van der Waals surface area contributed by atoms with Crippen LogP contribution in [0.5, 0.6) is 0 Å². The molecule has 1 aliphatic rings. The van der Waals surface area contributed by atoms with Gasteiger partial charge in [-0.15, -0.1) is 0 Å². The average Bonchev–Trinajstić information content (AvgIpc) is 2.48. The summed E-state index contributed by atoms with van der Waals surface area (Å²) in [6.45, 7) is 0.246. The van der Waals surface area contributed by atoms with E-state index in [0.717, 1.165) is 43.1 Å². The van der Waals surface area contributed by atoms with Crippen LogP contribution >= 0.6 is 8.60 Å². The van der Waals surface area contributed by atoms with Gasteiger partial charge < -0.3 is 0 Å². The fraction of sp³-hybridized carbons (Fsp3) is 0.600. The Balaban J connectivity index is 2.16. The molecule has 4 nitrogen and oxygen atoms in total. The second-order valence-electron chi connectivity index (χ2n) is 2.14. The van der Waals surface area contributed by atoms with Crippen LogP contribution in [-0.2, 0) is 9.26 Å². The van der Waals surface area contributed by atoms with Crippen molar-refractivity contribution in [3.8, 4) is 0 Å². The molecule has 1 radical (unpaired) electrons. The topological polar surface area (TPSA) is 58.9 Å². The second kappa shape index (κ2) is 6.56. The molecule has 2 unspecified atom stereocenters. The van der Waals surface area contributed by atoms with E-state index in [1.54, 1.807) is 0 Å². The van der Waals surface area contributed by atoms with Crippen molar-refractivity contribution < 1.29 is 19.0 Å². The van der Waals surface area contributed by atoms with Crippen molar-refractivity contribution in [2.45, 2.75) is 11.1 Å². The fourth-order valence-electron chi connectivity index (χ4n) is 0.807. The molecule has 0 spiro atoms. The third-order valence-corrected chi connectivity index (χ3v) is 8.30. The first-order valence-electron chi connectivity index (χ1n) is 3.28. The van der Waals surface area contributed by atoms with Crippen LogP contribution in [0.25, 0.3) is 0 Å². The fourth-order valence-corrected chi connectivity index (χ4v) is 5.07. The molecule has 2 N–H and O–H groups in total. The predicted molar refractivity (Wildman–Crippen MR) is 46.6 cm³/mol. The van der Waals surface area contributed by atoms with Gasteiger partial charge in [-0.05, 0) is 0 Å². The first-order chi connectivity index (χ1) is 5.72. The van der Waals surface area contributed by atoms with Crippen LogP contribution in [-0.4, -0.2) is 76.7 Å². The van der Waals surface area contributed by atoms with E-state index in [4.69, 9.17) is 14.5 Å². The van der Waals surface area contributed by atoms with Crippen LogP contribution in [0.1, 0.15) is 0 Å². The van der Waals surface area contributed by atoms with Crippen molar-refractivity contribution >= 4 is 57.8 Å². The molecular weight excluding hydrogens is 371 g/mol. The molecule has 0 amide bonds. The molecule has 12 heavy (non-hydrogen) atoms. The Bertz CT molecular complexity index is 168. The zero-order valence-electron chi connectivity index (χ0n) is 6.29. The van der Waals surface area contributed by atoms with Gasteiger partial charge in [-0.1, -0.05) is 0 Å². The number of rotatable bonds is 4. The van der Waals surface area contributed by atoms with Gasteiger partial charge in [0.15, 0.2) is 0 Å². The molecular formula is C5H8BaO4PSe. The van der Waals surface area contributed by atoms with Gasteiger partial charge in [0, 0.05) is 0 Å². The SMILES string of the molecule is OP(O)OCC1C=CC([Se][Ba])O1. The molecule has 2 atom stereocenters. The zero-order valence-corrected chi connectivity index (χ0v) is 13.3. The summed E-state index contributed by atoms with van der Waals surface area (Å²) in [7, 11) is -2.23. The molecule has 1 heterocycles. The Morgan fingerprint density at radius 1 is 1.58 bits per heavy atom. The van der Waals surface area contributed by atoms with Gasteiger partial charge in [0.25, 0.3) is 0 Å². The minimum absolute atomic E-state index is 0.0790. The van der Waals surface area contributed by atoms with Gasteiger partial charge in [-0.25, -0.2) is 0 Å². The summed E-state index contributed by atoms with van der Waals surface area (Å²) in [5, 5.41) is 0.304. The predicted octanol–water partition coefficient (Wildman–Crippen LogP) is -0.717. The van der Waals surface area contributed by atoms with Crippen molar-refractivity contribution in [2.24, 2.45) is 0 Å². The molecule has 0 aromatic heterocycles. The van der Waals surface area contributed by atoms with Gasteiger partial charge >= 0.3 is 107 Å². The van der Waals surface area contributed by atoms with E-state index >= 15 is 0 Å². The van der Waals surface area contributed by atoms with E-state index < -0.39 is 8.60 Å². The Kier molecular flexibility index (Phi) is 6.65. The third-order valence-electron chi connectivity index (χ3n) is 1.31. The Hall–Kier alpha value is 2.10. The molecule has 0 aromatic carbocycles. The quantitative estimate of drug-likeness (QED) is 0.385. The average molecular weight is 379 g/mol. The molecule has 0 aromatic rings. The Labute approximate surface area is 105 Å². The van der Waals surface area contributed by atoms with E-state index in [1.165, 1.54) is 0 Å². The Morgan fingerprint density at radius 3 is 2.83 bits per heavy atom. The first kappa shape index (κ1) is 12.2. The van der Waals surface area contributed by atoms with Crippen LogP contribution in [0.2, 0.25) is 0 Å². The van der Waals surface area contributed by atoms with Crippen molar-refractivity contribution in [3.63, 3.8) is 0 Å². The summed E-state index contributed by atoms with van der Waals surface area (Å²) in [6, 6.07) is 0. The van der Waals surface area contributed by atoms with Crippen LogP contribution in [0.3, 0.4) is 0 Å². The monoisotopic (exact) mass is 381 g/mol. The summed E-state index contributed by atoms with van der Waals surface area (Å²) < 4.78 is 10.1.